The first-order chi connectivity index (χ1) is 9.11. The van der Waals surface area contributed by atoms with E-state index in [4.69, 9.17) is 28.3 Å². The van der Waals surface area contributed by atoms with Crippen LogP contribution >= 0.6 is 23.2 Å². The second-order valence-corrected chi connectivity index (χ2v) is 5.44. The molecular weight excluding hydrogens is 287 g/mol. The van der Waals surface area contributed by atoms with Crippen LogP contribution in [0.1, 0.15) is 36.0 Å². The van der Waals surface area contributed by atoms with Crippen LogP contribution in [-0.2, 0) is 0 Å². The van der Waals surface area contributed by atoms with Crippen molar-refractivity contribution >= 4 is 29.1 Å². The number of hydrogen-bond acceptors (Lipinski definition) is 3. The topological polar surface area (TPSA) is 53.4 Å². The number of aliphatic hydroxyl groups is 1. The summed E-state index contributed by atoms with van der Waals surface area (Å²) in [5, 5.41) is 9.34. The van der Waals surface area contributed by atoms with E-state index in [0.717, 1.165) is 25.8 Å². The Morgan fingerprint density at radius 2 is 2.11 bits per heavy atom. The van der Waals surface area contributed by atoms with E-state index in [1.807, 2.05) is 4.90 Å². The third-order valence-electron chi connectivity index (χ3n) is 3.34. The van der Waals surface area contributed by atoms with Gasteiger partial charge in [-0.2, -0.15) is 0 Å². The Morgan fingerprint density at radius 3 is 2.74 bits per heavy atom. The fourth-order valence-electron chi connectivity index (χ4n) is 2.48. The van der Waals surface area contributed by atoms with Crippen LogP contribution in [0.25, 0.3) is 0 Å². The molecule has 1 amide bonds. The van der Waals surface area contributed by atoms with Crippen LogP contribution in [0, 0.1) is 0 Å². The molecule has 4 nitrogen and oxygen atoms in total. The lowest BCUT2D eigenvalue weighted by Gasteiger charge is -2.24. The molecule has 1 fully saturated rings. The summed E-state index contributed by atoms with van der Waals surface area (Å²) in [6, 6.07) is 3.28. The molecule has 1 aromatic heterocycles. The molecule has 1 saturated heterocycles. The predicted molar refractivity (Wildman–Crippen MR) is 74.6 cm³/mol. The third kappa shape index (κ3) is 3.59. The van der Waals surface area contributed by atoms with Crippen molar-refractivity contribution in [3.8, 4) is 0 Å². The Hall–Kier alpha value is -0.840. The van der Waals surface area contributed by atoms with Gasteiger partial charge < -0.3 is 10.0 Å². The van der Waals surface area contributed by atoms with Gasteiger partial charge in [0.2, 0.25) is 0 Å². The highest BCUT2D eigenvalue weighted by molar-refractivity contribution is 6.33. The zero-order chi connectivity index (χ0) is 13.8. The second-order valence-electron chi connectivity index (χ2n) is 4.66. The van der Waals surface area contributed by atoms with Gasteiger partial charge in [0, 0.05) is 24.8 Å². The number of likely N-dealkylation sites (tertiary alicyclic amines) is 1. The molecule has 104 valence electrons. The largest absolute Gasteiger partial charge is 0.396 e. The molecule has 1 unspecified atom stereocenters. The highest BCUT2D eigenvalue weighted by Crippen LogP contribution is 2.25. The Morgan fingerprint density at radius 1 is 1.42 bits per heavy atom. The van der Waals surface area contributed by atoms with Gasteiger partial charge in [-0.15, -0.1) is 0 Å². The monoisotopic (exact) mass is 302 g/mol. The minimum atomic E-state index is -0.0633. The molecule has 1 atom stereocenters. The fourth-order valence-corrected chi connectivity index (χ4v) is 2.94. The second kappa shape index (κ2) is 6.55. The van der Waals surface area contributed by atoms with E-state index >= 15 is 0 Å². The van der Waals surface area contributed by atoms with Gasteiger partial charge in [-0.3, -0.25) is 4.79 Å². The zero-order valence-corrected chi connectivity index (χ0v) is 12.0. The van der Waals surface area contributed by atoms with Crippen molar-refractivity contribution in [2.45, 2.75) is 31.7 Å². The van der Waals surface area contributed by atoms with Crippen molar-refractivity contribution in [3.63, 3.8) is 0 Å². The number of rotatable bonds is 4. The van der Waals surface area contributed by atoms with Gasteiger partial charge in [0.25, 0.3) is 5.91 Å². The summed E-state index contributed by atoms with van der Waals surface area (Å²) in [4.78, 5) is 18.1. The van der Waals surface area contributed by atoms with Crippen molar-refractivity contribution in [1.82, 2.24) is 9.88 Å². The number of pyridine rings is 1. The summed E-state index contributed by atoms with van der Waals surface area (Å²) >= 11 is 11.6. The number of aromatic nitrogens is 1. The lowest BCUT2D eigenvalue weighted by Crippen LogP contribution is -2.35. The van der Waals surface area contributed by atoms with Crippen molar-refractivity contribution < 1.29 is 9.90 Å². The summed E-state index contributed by atoms with van der Waals surface area (Å²) < 4.78 is 0. The van der Waals surface area contributed by atoms with Crippen LogP contribution in [0.5, 0.6) is 0 Å². The Balaban J connectivity index is 2.13. The van der Waals surface area contributed by atoms with Crippen LogP contribution in [0.2, 0.25) is 10.3 Å². The number of carbonyl (C=O) groups excluding carboxylic acids is 1. The number of halogens is 2. The summed E-state index contributed by atoms with van der Waals surface area (Å²) in [6.45, 7) is 0.901. The molecular formula is C13H16Cl2N2O2. The normalized spacial score (nSPS) is 18.9. The Labute approximate surface area is 122 Å². The molecule has 19 heavy (non-hydrogen) atoms. The van der Waals surface area contributed by atoms with Crippen LogP contribution < -0.4 is 0 Å². The summed E-state index contributed by atoms with van der Waals surface area (Å²) in [5.74, 6) is -0.0633. The minimum absolute atomic E-state index is 0.0633. The molecule has 1 N–H and O–H groups in total. The van der Waals surface area contributed by atoms with E-state index in [-0.39, 0.29) is 28.9 Å². The van der Waals surface area contributed by atoms with E-state index < -0.39 is 0 Å². The molecule has 1 aromatic rings. The molecule has 0 radical (unpaired) electrons. The number of nitrogens with zero attached hydrogens (tertiary/aromatic N) is 2. The molecule has 0 saturated carbocycles. The standard InChI is InChI=1S/C13H16Cl2N2O2/c14-11-7-9(8-12(15)16-11)13(19)17-5-1-3-10(17)4-2-6-18/h7-8,10,18H,1-6H2. The first kappa shape index (κ1) is 14.6. The maximum absolute atomic E-state index is 12.4. The third-order valence-corrected chi connectivity index (χ3v) is 3.73. The average Bonchev–Trinajstić information content (AvgIpc) is 2.82. The van der Waals surface area contributed by atoms with E-state index in [2.05, 4.69) is 4.98 Å². The van der Waals surface area contributed by atoms with Crippen molar-refractivity contribution in [1.29, 1.82) is 0 Å². The predicted octanol–water partition coefficient (Wildman–Crippen LogP) is 2.77. The van der Waals surface area contributed by atoms with Crippen LogP contribution in [0.3, 0.4) is 0 Å². The van der Waals surface area contributed by atoms with Crippen LogP contribution in [0.4, 0.5) is 0 Å². The highest BCUT2D eigenvalue weighted by Gasteiger charge is 2.29. The van der Waals surface area contributed by atoms with Gasteiger partial charge in [0.15, 0.2) is 0 Å². The summed E-state index contributed by atoms with van der Waals surface area (Å²) in [5.41, 5.74) is 0.473. The van der Waals surface area contributed by atoms with E-state index in [0.29, 0.717) is 12.0 Å². The highest BCUT2D eigenvalue weighted by atomic mass is 35.5. The van der Waals surface area contributed by atoms with Gasteiger partial charge >= 0.3 is 0 Å². The van der Waals surface area contributed by atoms with Crippen LogP contribution in [0.15, 0.2) is 12.1 Å². The zero-order valence-electron chi connectivity index (χ0n) is 10.5. The Bertz CT molecular complexity index is 448. The van der Waals surface area contributed by atoms with E-state index in [1.165, 1.54) is 12.1 Å². The lowest BCUT2D eigenvalue weighted by molar-refractivity contribution is 0.0724. The lowest BCUT2D eigenvalue weighted by atomic mass is 10.1. The van der Waals surface area contributed by atoms with Gasteiger partial charge in [-0.1, -0.05) is 23.2 Å². The molecule has 6 heteroatoms. The van der Waals surface area contributed by atoms with Crippen molar-refractivity contribution in [3.05, 3.63) is 28.0 Å². The van der Waals surface area contributed by atoms with E-state index in [9.17, 15) is 4.79 Å². The average molecular weight is 303 g/mol. The van der Waals surface area contributed by atoms with Gasteiger partial charge in [-0.25, -0.2) is 4.98 Å². The molecule has 0 bridgehead atoms. The van der Waals surface area contributed by atoms with E-state index in [1.54, 1.807) is 0 Å². The van der Waals surface area contributed by atoms with Crippen LogP contribution in [-0.4, -0.2) is 40.1 Å². The fraction of sp³-hybridized carbons (Fsp3) is 0.538. The van der Waals surface area contributed by atoms with Crippen molar-refractivity contribution in [2.75, 3.05) is 13.2 Å². The maximum atomic E-state index is 12.4. The smallest absolute Gasteiger partial charge is 0.254 e. The quantitative estimate of drug-likeness (QED) is 0.870. The number of amides is 1. The minimum Gasteiger partial charge on any atom is -0.396 e. The van der Waals surface area contributed by atoms with Gasteiger partial charge in [0.1, 0.15) is 10.3 Å². The first-order valence-corrected chi connectivity index (χ1v) is 7.12. The SMILES string of the molecule is O=C(c1cc(Cl)nc(Cl)c1)N1CCCC1CCCO. The maximum Gasteiger partial charge on any atom is 0.254 e. The van der Waals surface area contributed by atoms with Crippen molar-refractivity contribution in [2.24, 2.45) is 0 Å². The van der Waals surface area contributed by atoms with Gasteiger partial charge in [0.05, 0.1) is 0 Å². The Kier molecular flexibility index (Phi) is 5.02. The first-order valence-electron chi connectivity index (χ1n) is 6.36. The molecule has 0 aromatic carbocycles. The number of aliphatic hydroxyl groups excluding tert-OH is 1. The number of carbonyl (C=O) groups is 1. The molecule has 2 heterocycles. The molecule has 1 aliphatic rings. The molecule has 0 spiro atoms. The summed E-state index contributed by atoms with van der Waals surface area (Å²) in [6.07, 6.45) is 3.52. The molecule has 0 aliphatic carbocycles. The molecule has 1 aliphatic heterocycles. The van der Waals surface area contributed by atoms with Gasteiger partial charge in [-0.05, 0) is 37.8 Å². The number of hydrogen-bond donors (Lipinski definition) is 1. The summed E-state index contributed by atoms with van der Waals surface area (Å²) in [7, 11) is 0. The molecule has 2 rings (SSSR count).